The zero-order valence-electron chi connectivity index (χ0n) is 8.29. The third-order valence-electron chi connectivity index (χ3n) is 1.75. The Morgan fingerprint density at radius 2 is 2.47 bits per heavy atom. The van der Waals surface area contributed by atoms with E-state index in [4.69, 9.17) is 5.11 Å². The molecule has 1 aromatic rings. The second-order valence-corrected chi connectivity index (χ2v) is 4.98. The molecule has 0 amide bonds. The third kappa shape index (κ3) is 4.59. The fourth-order valence-corrected chi connectivity index (χ4v) is 2.55. The molecule has 3 nitrogen and oxygen atoms in total. The normalized spacial score (nSPS) is 11.7. The minimum absolute atomic E-state index is 0.594. The molecular formula is C10H12BrNO2S. The van der Waals surface area contributed by atoms with Gasteiger partial charge in [-0.1, -0.05) is 5.57 Å². The Morgan fingerprint density at radius 3 is 3.00 bits per heavy atom. The Bertz CT molecular complexity index is 373. The molecule has 0 radical (unpaired) electrons. The van der Waals surface area contributed by atoms with Gasteiger partial charge in [-0.15, -0.1) is 11.3 Å². The summed E-state index contributed by atoms with van der Waals surface area (Å²) in [4.78, 5) is 11.6. The number of carbonyl (C=O) groups is 1. The zero-order valence-corrected chi connectivity index (χ0v) is 10.7. The van der Waals surface area contributed by atoms with E-state index in [2.05, 4.69) is 21.2 Å². The Kier molecular flexibility index (Phi) is 5.01. The van der Waals surface area contributed by atoms with E-state index in [1.165, 1.54) is 11.0 Å². The highest BCUT2D eigenvalue weighted by atomic mass is 79.9. The van der Waals surface area contributed by atoms with Gasteiger partial charge in [-0.25, -0.2) is 4.79 Å². The first-order valence-corrected chi connectivity index (χ1v) is 6.09. The fraction of sp³-hybridized carbons (Fsp3) is 0.300. The maximum Gasteiger partial charge on any atom is 0.328 e. The molecule has 5 heteroatoms. The zero-order chi connectivity index (χ0) is 11.3. The van der Waals surface area contributed by atoms with E-state index in [-0.39, 0.29) is 0 Å². The molecule has 1 rings (SSSR count). The van der Waals surface area contributed by atoms with E-state index >= 15 is 0 Å². The van der Waals surface area contributed by atoms with Gasteiger partial charge in [0.15, 0.2) is 0 Å². The molecule has 0 saturated carbocycles. The summed E-state index contributed by atoms with van der Waals surface area (Å²) in [5.41, 5.74) is 0.815. The van der Waals surface area contributed by atoms with Crippen LogP contribution in [0.5, 0.6) is 0 Å². The number of hydrogen-bond donors (Lipinski definition) is 2. The number of rotatable bonds is 5. The van der Waals surface area contributed by atoms with Crippen LogP contribution in [0.2, 0.25) is 0 Å². The summed E-state index contributed by atoms with van der Waals surface area (Å²) in [6.07, 6.45) is 1.22. The summed E-state index contributed by atoms with van der Waals surface area (Å²) >= 11 is 5.11. The quantitative estimate of drug-likeness (QED) is 0.820. The van der Waals surface area contributed by atoms with E-state index in [0.717, 1.165) is 16.6 Å². The van der Waals surface area contributed by atoms with Crippen LogP contribution in [0.3, 0.4) is 0 Å². The average Bonchev–Trinajstić information content (AvgIpc) is 2.50. The van der Waals surface area contributed by atoms with Crippen LogP contribution in [0.4, 0.5) is 0 Å². The van der Waals surface area contributed by atoms with Crippen LogP contribution in [-0.4, -0.2) is 17.6 Å². The molecule has 0 aliphatic heterocycles. The van der Waals surface area contributed by atoms with Crippen LogP contribution in [0.1, 0.15) is 11.8 Å². The van der Waals surface area contributed by atoms with Gasteiger partial charge in [0.1, 0.15) is 0 Å². The topological polar surface area (TPSA) is 49.3 Å². The monoisotopic (exact) mass is 289 g/mol. The summed E-state index contributed by atoms with van der Waals surface area (Å²) in [6.45, 7) is 3.14. The van der Waals surface area contributed by atoms with Gasteiger partial charge >= 0.3 is 5.97 Å². The van der Waals surface area contributed by atoms with Gasteiger partial charge in [0.2, 0.25) is 0 Å². The largest absolute Gasteiger partial charge is 0.478 e. The van der Waals surface area contributed by atoms with Crippen molar-refractivity contribution in [2.75, 3.05) is 6.54 Å². The van der Waals surface area contributed by atoms with Gasteiger partial charge in [-0.05, 0) is 34.3 Å². The fourth-order valence-electron chi connectivity index (χ4n) is 1.09. The SMILES string of the molecule is C/C(=C/C(=O)O)CNCc1sccc1Br. The number of nitrogens with one attached hydrogen (secondary N) is 1. The molecule has 1 heterocycles. The molecular weight excluding hydrogens is 278 g/mol. The van der Waals surface area contributed by atoms with Crippen molar-refractivity contribution in [3.8, 4) is 0 Å². The van der Waals surface area contributed by atoms with Gasteiger partial charge in [-0.2, -0.15) is 0 Å². The first-order valence-electron chi connectivity index (χ1n) is 4.42. The summed E-state index contributed by atoms with van der Waals surface area (Å²) in [5, 5.41) is 13.7. The molecule has 0 aromatic carbocycles. The lowest BCUT2D eigenvalue weighted by Gasteiger charge is -2.03. The number of carboxylic acids is 1. The van der Waals surface area contributed by atoms with Crippen molar-refractivity contribution in [1.29, 1.82) is 0 Å². The van der Waals surface area contributed by atoms with Crippen LogP contribution in [-0.2, 0) is 11.3 Å². The standard InChI is InChI=1S/C10H12BrNO2S/c1-7(4-10(13)14)5-12-6-9-8(11)2-3-15-9/h2-4,12H,5-6H2,1H3,(H,13,14)/b7-4-. The minimum atomic E-state index is -0.897. The van der Waals surface area contributed by atoms with E-state index in [9.17, 15) is 4.79 Å². The Hall–Kier alpha value is -0.650. The lowest BCUT2D eigenvalue weighted by atomic mass is 10.3. The van der Waals surface area contributed by atoms with Crippen LogP contribution in [0.15, 0.2) is 27.6 Å². The molecule has 0 aliphatic rings. The van der Waals surface area contributed by atoms with Crippen molar-refractivity contribution in [2.24, 2.45) is 0 Å². The van der Waals surface area contributed by atoms with Crippen molar-refractivity contribution in [3.63, 3.8) is 0 Å². The highest BCUT2D eigenvalue weighted by molar-refractivity contribution is 9.10. The summed E-state index contributed by atoms with van der Waals surface area (Å²) in [7, 11) is 0. The maximum absolute atomic E-state index is 10.3. The van der Waals surface area contributed by atoms with Crippen LogP contribution in [0.25, 0.3) is 0 Å². The molecule has 0 fully saturated rings. The average molecular weight is 290 g/mol. The molecule has 0 spiro atoms. The number of thiophene rings is 1. The Labute approximate surface area is 101 Å². The molecule has 0 unspecified atom stereocenters. The molecule has 0 saturated heterocycles. The first kappa shape index (κ1) is 12.4. The molecule has 82 valence electrons. The number of aliphatic carboxylic acids is 1. The van der Waals surface area contributed by atoms with Gasteiger partial charge < -0.3 is 10.4 Å². The highest BCUT2D eigenvalue weighted by Crippen LogP contribution is 2.22. The number of carboxylic acid groups (broad SMARTS) is 1. The van der Waals surface area contributed by atoms with E-state index in [1.54, 1.807) is 18.3 Å². The van der Waals surface area contributed by atoms with E-state index < -0.39 is 5.97 Å². The molecule has 15 heavy (non-hydrogen) atoms. The third-order valence-corrected chi connectivity index (χ3v) is 3.68. The van der Waals surface area contributed by atoms with Crippen molar-refractivity contribution in [1.82, 2.24) is 5.32 Å². The Morgan fingerprint density at radius 1 is 1.73 bits per heavy atom. The summed E-state index contributed by atoms with van der Waals surface area (Å²) in [6, 6.07) is 2.00. The van der Waals surface area contributed by atoms with Crippen LogP contribution in [0, 0.1) is 0 Å². The van der Waals surface area contributed by atoms with E-state index in [0.29, 0.717) is 6.54 Å². The molecule has 0 atom stereocenters. The predicted octanol–water partition coefficient (Wildman–Crippen LogP) is 2.63. The molecule has 0 aliphatic carbocycles. The number of halogens is 1. The van der Waals surface area contributed by atoms with Gasteiger partial charge in [-0.3, -0.25) is 0 Å². The van der Waals surface area contributed by atoms with Gasteiger partial charge in [0.05, 0.1) is 0 Å². The minimum Gasteiger partial charge on any atom is -0.478 e. The first-order chi connectivity index (χ1) is 7.09. The summed E-state index contributed by atoms with van der Waals surface area (Å²) in [5.74, 6) is -0.897. The Balaban J connectivity index is 2.34. The van der Waals surface area contributed by atoms with Crippen molar-refractivity contribution in [2.45, 2.75) is 13.5 Å². The smallest absolute Gasteiger partial charge is 0.328 e. The molecule has 0 bridgehead atoms. The van der Waals surface area contributed by atoms with Gasteiger partial charge in [0.25, 0.3) is 0 Å². The highest BCUT2D eigenvalue weighted by Gasteiger charge is 2.00. The van der Waals surface area contributed by atoms with E-state index in [1.807, 2.05) is 11.4 Å². The number of hydrogen-bond acceptors (Lipinski definition) is 3. The molecule has 2 N–H and O–H groups in total. The lowest BCUT2D eigenvalue weighted by molar-refractivity contribution is -0.131. The van der Waals surface area contributed by atoms with Crippen molar-refractivity contribution < 1.29 is 9.90 Å². The molecule has 1 aromatic heterocycles. The van der Waals surface area contributed by atoms with Gasteiger partial charge in [0, 0.05) is 28.5 Å². The second kappa shape index (κ2) is 6.05. The van der Waals surface area contributed by atoms with Crippen LogP contribution < -0.4 is 5.32 Å². The van der Waals surface area contributed by atoms with Crippen molar-refractivity contribution >= 4 is 33.2 Å². The maximum atomic E-state index is 10.3. The predicted molar refractivity (Wildman–Crippen MR) is 65.1 cm³/mol. The van der Waals surface area contributed by atoms with Crippen LogP contribution >= 0.6 is 27.3 Å². The second-order valence-electron chi connectivity index (χ2n) is 3.12. The summed E-state index contributed by atoms with van der Waals surface area (Å²) < 4.78 is 1.10. The lowest BCUT2D eigenvalue weighted by Crippen LogP contribution is -2.15. The van der Waals surface area contributed by atoms with Crippen molar-refractivity contribution in [3.05, 3.63) is 32.4 Å².